The van der Waals surface area contributed by atoms with E-state index in [2.05, 4.69) is 20.2 Å². The van der Waals surface area contributed by atoms with Gasteiger partial charge in [0.1, 0.15) is 11.0 Å². The Hall–Kier alpha value is -2.32. The van der Waals surface area contributed by atoms with Gasteiger partial charge in [-0.15, -0.1) is 0 Å². The van der Waals surface area contributed by atoms with Crippen molar-refractivity contribution in [3.8, 4) is 0 Å². The number of hydrogen-bond acceptors (Lipinski definition) is 6. The van der Waals surface area contributed by atoms with E-state index >= 15 is 0 Å². The van der Waals surface area contributed by atoms with E-state index in [1.807, 2.05) is 42.2 Å². The lowest BCUT2D eigenvalue weighted by molar-refractivity contribution is -0.131. The second-order valence-corrected chi connectivity index (χ2v) is 8.22. The van der Waals surface area contributed by atoms with Crippen LogP contribution in [-0.4, -0.2) is 58.1 Å². The summed E-state index contributed by atoms with van der Waals surface area (Å²) in [7, 11) is 0. The minimum absolute atomic E-state index is 0.0793. The van der Waals surface area contributed by atoms with Crippen molar-refractivity contribution >= 4 is 41.0 Å². The number of carbonyl (C=O) groups excluding carboxylic acids is 2. The lowest BCUT2D eigenvalue weighted by Crippen LogP contribution is -2.53. The fraction of sp³-hybridized carbons (Fsp3) is 0.400. The number of aromatic nitrogens is 2. The van der Waals surface area contributed by atoms with E-state index in [-0.39, 0.29) is 23.6 Å². The summed E-state index contributed by atoms with van der Waals surface area (Å²) in [5.74, 6) is 0.914. The Morgan fingerprint density at radius 3 is 2.69 bits per heavy atom. The quantitative estimate of drug-likeness (QED) is 0.428. The SMILES string of the molecule is CC(=O)N1CCN(c2cc(Cl)nc(SCC(=O)NCc3ccccc3)n2)CC1C. The van der Waals surface area contributed by atoms with Crippen LogP contribution >= 0.6 is 23.4 Å². The summed E-state index contributed by atoms with van der Waals surface area (Å²) in [6, 6.07) is 11.6. The number of thioether (sulfide) groups is 1. The zero-order chi connectivity index (χ0) is 20.8. The molecule has 1 unspecified atom stereocenters. The van der Waals surface area contributed by atoms with Crippen molar-refractivity contribution in [2.75, 3.05) is 30.3 Å². The van der Waals surface area contributed by atoms with Gasteiger partial charge in [-0.05, 0) is 12.5 Å². The fourth-order valence-corrected chi connectivity index (χ4v) is 4.13. The van der Waals surface area contributed by atoms with Crippen molar-refractivity contribution in [1.29, 1.82) is 0 Å². The van der Waals surface area contributed by atoms with Crippen LogP contribution in [0.2, 0.25) is 5.15 Å². The first-order valence-electron chi connectivity index (χ1n) is 9.42. The molecule has 1 N–H and O–H groups in total. The van der Waals surface area contributed by atoms with Gasteiger partial charge in [0.15, 0.2) is 5.16 Å². The van der Waals surface area contributed by atoms with Gasteiger partial charge in [-0.25, -0.2) is 9.97 Å². The van der Waals surface area contributed by atoms with E-state index in [9.17, 15) is 9.59 Å². The van der Waals surface area contributed by atoms with Gasteiger partial charge in [-0.2, -0.15) is 0 Å². The number of rotatable bonds is 6. The van der Waals surface area contributed by atoms with Crippen molar-refractivity contribution in [1.82, 2.24) is 20.2 Å². The van der Waals surface area contributed by atoms with Crippen molar-refractivity contribution in [2.45, 2.75) is 31.6 Å². The molecule has 0 radical (unpaired) electrons. The lowest BCUT2D eigenvalue weighted by Gasteiger charge is -2.40. The van der Waals surface area contributed by atoms with Crippen LogP contribution in [0.1, 0.15) is 19.4 Å². The van der Waals surface area contributed by atoms with Crippen LogP contribution < -0.4 is 10.2 Å². The lowest BCUT2D eigenvalue weighted by atomic mass is 10.2. The Morgan fingerprint density at radius 1 is 1.24 bits per heavy atom. The summed E-state index contributed by atoms with van der Waals surface area (Å²) in [5.41, 5.74) is 1.05. The molecule has 0 aliphatic carbocycles. The Kier molecular flexibility index (Phi) is 7.33. The molecule has 2 heterocycles. The van der Waals surface area contributed by atoms with Crippen molar-refractivity contribution < 1.29 is 9.59 Å². The molecule has 2 aromatic rings. The predicted octanol–water partition coefficient (Wildman–Crippen LogP) is 2.60. The summed E-state index contributed by atoms with van der Waals surface area (Å²) in [6.07, 6.45) is 0. The molecule has 1 aliphatic rings. The maximum absolute atomic E-state index is 12.1. The smallest absolute Gasteiger partial charge is 0.230 e. The molecule has 1 fully saturated rings. The third kappa shape index (κ3) is 6.08. The van der Waals surface area contributed by atoms with Crippen LogP contribution in [0, 0.1) is 0 Å². The van der Waals surface area contributed by atoms with Gasteiger partial charge < -0.3 is 15.1 Å². The zero-order valence-corrected chi connectivity index (χ0v) is 18.0. The number of benzene rings is 1. The van der Waals surface area contributed by atoms with Crippen LogP contribution in [0.3, 0.4) is 0 Å². The van der Waals surface area contributed by atoms with Crippen LogP contribution in [0.5, 0.6) is 0 Å². The first-order chi connectivity index (χ1) is 13.9. The Balaban J connectivity index is 1.56. The van der Waals surface area contributed by atoms with Crippen LogP contribution in [0.15, 0.2) is 41.6 Å². The molecule has 0 spiro atoms. The van der Waals surface area contributed by atoms with Crippen LogP contribution in [0.4, 0.5) is 5.82 Å². The average Bonchev–Trinajstić information content (AvgIpc) is 2.70. The third-order valence-electron chi connectivity index (χ3n) is 4.68. The molecule has 29 heavy (non-hydrogen) atoms. The van der Waals surface area contributed by atoms with Crippen molar-refractivity contribution in [3.63, 3.8) is 0 Å². The molecule has 3 rings (SSSR count). The van der Waals surface area contributed by atoms with E-state index < -0.39 is 0 Å². The van der Waals surface area contributed by atoms with Crippen LogP contribution in [0.25, 0.3) is 0 Å². The molecule has 154 valence electrons. The van der Waals surface area contributed by atoms with Gasteiger partial charge >= 0.3 is 0 Å². The highest BCUT2D eigenvalue weighted by Crippen LogP contribution is 2.24. The zero-order valence-electron chi connectivity index (χ0n) is 16.5. The molecule has 1 saturated heterocycles. The monoisotopic (exact) mass is 433 g/mol. The van der Waals surface area contributed by atoms with Gasteiger partial charge in [0.05, 0.1) is 5.75 Å². The number of nitrogens with one attached hydrogen (secondary N) is 1. The largest absolute Gasteiger partial charge is 0.353 e. The van der Waals surface area contributed by atoms with Crippen molar-refractivity contribution in [2.24, 2.45) is 0 Å². The number of amides is 2. The Labute approximate surface area is 179 Å². The maximum atomic E-state index is 12.1. The summed E-state index contributed by atoms with van der Waals surface area (Å²) < 4.78 is 0. The molecule has 1 aromatic heterocycles. The Bertz CT molecular complexity index is 867. The summed E-state index contributed by atoms with van der Waals surface area (Å²) in [5, 5.41) is 3.69. The van der Waals surface area contributed by atoms with Gasteiger partial charge in [0.2, 0.25) is 11.8 Å². The van der Waals surface area contributed by atoms with E-state index in [0.29, 0.717) is 42.3 Å². The topological polar surface area (TPSA) is 78.4 Å². The molecule has 0 saturated carbocycles. The summed E-state index contributed by atoms with van der Waals surface area (Å²) in [6.45, 7) is 6.09. The fourth-order valence-electron chi connectivity index (χ4n) is 3.22. The standard InChI is InChI=1S/C20H24ClN5O2S/c1-14-12-25(8-9-26(14)15(2)27)18-10-17(21)23-20(24-18)29-13-19(28)22-11-16-6-4-3-5-7-16/h3-7,10,14H,8-9,11-13H2,1-2H3,(H,22,28). The number of carbonyl (C=O) groups is 2. The van der Waals surface area contributed by atoms with E-state index in [0.717, 1.165) is 5.56 Å². The third-order valence-corrected chi connectivity index (χ3v) is 5.72. The number of halogens is 1. The highest BCUT2D eigenvalue weighted by atomic mass is 35.5. The molecule has 9 heteroatoms. The first kappa shape index (κ1) is 21.4. The van der Waals surface area contributed by atoms with Crippen molar-refractivity contribution in [3.05, 3.63) is 47.1 Å². The molecule has 2 amide bonds. The summed E-state index contributed by atoms with van der Waals surface area (Å²) in [4.78, 5) is 36.5. The van der Waals surface area contributed by atoms with E-state index in [4.69, 9.17) is 11.6 Å². The predicted molar refractivity (Wildman–Crippen MR) is 115 cm³/mol. The number of nitrogens with zero attached hydrogens (tertiary/aromatic N) is 4. The number of hydrogen-bond donors (Lipinski definition) is 1. The minimum Gasteiger partial charge on any atom is -0.353 e. The molecule has 0 bridgehead atoms. The molecule has 1 aromatic carbocycles. The minimum atomic E-state index is -0.0901. The highest BCUT2D eigenvalue weighted by molar-refractivity contribution is 7.99. The molecule has 7 nitrogen and oxygen atoms in total. The normalized spacial score (nSPS) is 16.6. The van der Waals surface area contributed by atoms with E-state index in [1.165, 1.54) is 11.8 Å². The Morgan fingerprint density at radius 2 is 2.00 bits per heavy atom. The molecular weight excluding hydrogens is 410 g/mol. The number of anilines is 1. The van der Waals surface area contributed by atoms with Gasteiger partial charge in [0.25, 0.3) is 0 Å². The van der Waals surface area contributed by atoms with E-state index in [1.54, 1.807) is 13.0 Å². The number of piperazine rings is 1. The highest BCUT2D eigenvalue weighted by Gasteiger charge is 2.26. The average molecular weight is 434 g/mol. The van der Waals surface area contributed by atoms with Crippen LogP contribution in [-0.2, 0) is 16.1 Å². The molecular formula is C20H24ClN5O2S. The maximum Gasteiger partial charge on any atom is 0.230 e. The first-order valence-corrected chi connectivity index (χ1v) is 10.8. The van der Waals surface area contributed by atoms with Gasteiger partial charge in [-0.3, -0.25) is 9.59 Å². The second-order valence-electron chi connectivity index (χ2n) is 6.89. The molecule has 1 atom stereocenters. The second kappa shape index (κ2) is 9.93. The van der Waals surface area contributed by atoms with Gasteiger partial charge in [-0.1, -0.05) is 53.7 Å². The van der Waals surface area contributed by atoms with Gasteiger partial charge in [0, 0.05) is 45.2 Å². The molecule has 1 aliphatic heterocycles. The summed E-state index contributed by atoms with van der Waals surface area (Å²) >= 11 is 7.44.